The number of hydrogen-bond acceptors (Lipinski definition) is 1. The van der Waals surface area contributed by atoms with Gasteiger partial charge in [0.15, 0.2) is 0 Å². The van der Waals surface area contributed by atoms with E-state index in [0.29, 0.717) is 0 Å². The molecule has 0 atom stereocenters. The van der Waals surface area contributed by atoms with Crippen LogP contribution in [0, 0.1) is 0 Å². The predicted molar refractivity (Wildman–Crippen MR) is 79.3 cm³/mol. The predicted octanol–water partition coefficient (Wildman–Crippen LogP) is 5.05. The monoisotopic (exact) mass is 351 g/mol. The van der Waals surface area contributed by atoms with E-state index in [1.54, 1.807) is 5.57 Å². The minimum Gasteiger partial charge on any atom is -0.300 e. The minimum absolute atomic E-state index is 0.822. The van der Waals surface area contributed by atoms with Crippen molar-refractivity contribution >= 4 is 31.9 Å². The lowest BCUT2D eigenvalue weighted by atomic mass is 9.90. The van der Waals surface area contributed by atoms with Gasteiger partial charge >= 0.3 is 0 Å². The molecule has 0 bridgehead atoms. The molecule has 0 saturated heterocycles. The van der Waals surface area contributed by atoms with Gasteiger partial charge in [0.2, 0.25) is 0 Å². The molecule has 3 heteroatoms. The second-order valence-electron chi connectivity index (χ2n) is 4.63. The average Bonchev–Trinajstić information content (AvgIpc) is 2.29. The molecule has 16 heavy (non-hydrogen) atoms. The van der Waals surface area contributed by atoms with Crippen molar-refractivity contribution in [3.8, 4) is 0 Å². The maximum absolute atomic E-state index is 3.54. The molecule has 0 unspecified atom stereocenters. The Kier molecular flexibility index (Phi) is 7.25. The van der Waals surface area contributed by atoms with Crippen LogP contribution < -0.4 is 0 Å². The lowest BCUT2D eigenvalue weighted by Crippen LogP contribution is -2.38. The van der Waals surface area contributed by atoms with Gasteiger partial charge in [-0.25, -0.2) is 0 Å². The average molecular weight is 353 g/mol. The fraction of sp³-hybridized carbons (Fsp3) is 0.846. The summed E-state index contributed by atoms with van der Waals surface area (Å²) in [6, 6.07) is 0.822. The molecule has 1 aliphatic rings. The number of hydrogen-bond donors (Lipinski definition) is 0. The van der Waals surface area contributed by atoms with Crippen LogP contribution in [0.15, 0.2) is 8.96 Å². The lowest BCUT2D eigenvalue weighted by molar-refractivity contribution is 0.168. The zero-order valence-electron chi connectivity index (χ0n) is 10.4. The highest BCUT2D eigenvalue weighted by Crippen LogP contribution is 2.33. The van der Waals surface area contributed by atoms with Gasteiger partial charge in [0.05, 0.1) is 3.39 Å². The van der Waals surface area contributed by atoms with Crippen molar-refractivity contribution in [1.29, 1.82) is 0 Å². The van der Waals surface area contributed by atoms with Gasteiger partial charge in [-0.1, -0.05) is 13.8 Å². The molecule has 0 spiro atoms. The lowest BCUT2D eigenvalue weighted by Gasteiger charge is -2.35. The molecule has 1 aliphatic carbocycles. The van der Waals surface area contributed by atoms with Gasteiger partial charge in [-0.2, -0.15) is 0 Å². The maximum Gasteiger partial charge on any atom is 0.0596 e. The molecule has 0 aromatic rings. The topological polar surface area (TPSA) is 3.24 Å². The molecule has 0 aliphatic heterocycles. The Morgan fingerprint density at radius 1 is 1.12 bits per heavy atom. The molecule has 1 nitrogen and oxygen atoms in total. The third kappa shape index (κ3) is 4.50. The van der Waals surface area contributed by atoms with Gasteiger partial charge in [0.1, 0.15) is 0 Å². The largest absolute Gasteiger partial charge is 0.300 e. The molecule has 0 amide bonds. The van der Waals surface area contributed by atoms with Gasteiger partial charge in [0.25, 0.3) is 0 Å². The van der Waals surface area contributed by atoms with Crippen LogP contribution >= 0.6 is 31.9 Å². The van der Waals surface area contributed by atoms with Crippen molar-refractivity contribution in [3.63, 3.8) is 0 Å². The zero-order chi connectivity index (χ0) is 12.0. The molecule has 1 rings (SSSR count). The summed E-state index contributed by atoms with van der Waals surface area (Å²) >= 11 is 7.07. The first-order valence-corrected chi connectivity index (χ1v) is 8.04. The molecule has 1 fully saturated rings. The Morgan fingerprint density at radius 3 is 2.00 bits per heavy atom. The third-order valence-corrected chi connectivity index (χ3v) is 4.49. The van der Waals surface area contributed by atoms with E-state index in [2.05, 4.69) is 50.6 Å². The minimum atomic E-state index is 0.822. The summed E-state index contributed by atoms with van der Waals surface area (Å²) in [4.78, 5) is 2.69. The van der Waals surface area contributed by atoms with Crippen molar-refractivity contribution in [2.45, 2.75) is 58.4 Å². The first kappa shape index (κ1) is 14.7. The second kappa shape index (κ2) is 7.88. The van der Waals surface area contributed by atoms with Crippen LogP contribution in [0.5, 0.6) is 0 Å². The highest BCUT2D eigenvalue weighted by atomic mass is 79.9. The molecule has 94 valence electrons. The van der Waals surface area contributed by atoms with Gasteiger partial charge < -0.3 is 4.90 Å². The highest BCUT2D eigenvalue weighted by molar-refractivity contribution is 9.28. The van der Waals surface area contributed by atoms with E-state index < -0.39 is 0 Å². The van der Waals surface area contributed by atoms with E-state index in [9.17, 15) is 0 Å². The van der Waals surface area contributed by atoms with Crippen molar-refractivity contribution in [2.24, 2.45) is 0 Å². The van der Waals surface area contributed by atoms with Crippen LogP contribution in [-0.4, -0.2) is 24.0 Å². The molecular weight excluding hydrogens is 330 g/mol. The molecule has 0 heterocycles. The van der Waals surface area contributed by atoms with Gasteiger partial charge in [-0.3, -0.25) is 0 Å². The van der Waals surface area contributed by atoms with E-state index in [1.807, 2.05) is 0 Å². The van der Waals surface area contributed by atoms with Crippen LogP contribution in [0.4, 0.5) is 0 Å². The molecule has 1 saturated carbocycles. The number of rotatable bonds is 5. The molecule has 0 aromatic heterocycles. The molecule has 0 N–H and O–H groups in total. The number of nitrogens with zero attached hydrogens (tertiary/aromatic N) is 1. The summed E-state index contributed by atoms with van der Waals surface area (Å²) in [5.74, 6) is 0. The van der Waals surface area contributed by atoms with E-state index in [4.69, 9.17) is 0 Å². The Morgan fingerprint density at radius 2 is 1.62 bits per heavy atom. The van der Waals surface area contributed by atoms with E-state index >= 15 is 0 Å². The van der Waals surface area contributed by atoms with Gasteiger partial charge in [-0.15, -0.1) is 0 Å². The van der Waals surface area contributed by atoms with Crippen molar-refractivity contribution in [1.82, 2.24) is 4.90 Å². The summed E-state index contributed by atoms with van der Waals surface area (Å²) < 4.78 is 1.19. The zero-order valence-corrected chi connectivity index (χ0v) is 13.6. The van der Waals surface area contributed by atoms with E-state index in [-0.39, 0.29) is 0 Å². The standard InChI is InChI=1S/C13H23Br2N/c1-3-9-16(10-4-2)12-7-5-11(6-8-12)13(14)15/h12H,3-10H2,1-2H3. The summed E-state index contributed by atoms with van der Waals surface area (Å²) in [7, 11) is 0. The summed E-state index contributed by atoms with van der Waals surface area (Å²) in [5.41, 5.74) is 1.56. The summed E-state index contributed by atoms with van der Waals surface area (Å²) in [5, 5.41) is 0. The van der Waals surface area contributed by atoms with Crippen molar-refractivity contribution in [2.75, 3.05) is 13.1 Å². The van der Waals surface area contributed by atoms with Gasteiger partial charge in [0, 0.05) is 6.04 Å². The van der Waals surface area contributed by atoms with E-state index in [0.717, 1.165) is 6.04 Å². The highest BCUT2D eigenvalue weighted by Gasteiger charge is 2.22. The SMILES string of the molecule is CCCN(CCC)C1CCC(=C(Br)Br)CC1. The molecule has 0 aromatic carbocycles. The number of halogens is 2. The quantitative estimate of drug-likeness (QED) is 0.668. The fourth-order valence-electron chi connectivity index (χ4n) is 2.56. The Bertz CT molecular complexity index is 218. The normalized spacial score (nSPS) is 21.6. The van der Waals surface area contributed by atoms with Crippen LogP contribution in [-0.2, 0) is 0 Å². The van der Waals surface area contributed by atoms with Gasteiger partial charge in [-0.05, 0) is 89.0 Å². The van der Waals surface area contributed by atoms with Crippen LogP contribution in [0.2, 0.25) is 0 Å². The Labute approximate surface area is 117 Å². The molecule has 0 radical (unpaired) electrons. The summed E-state index contributed by atoms with van der Waals surface area (Å²) in [6.45, 7) is 7.11. The Hall–Kier alpha value is 0.660. The molecular formula is C13H23Br2N. The number of allylic oxidation sites excluding steroid dienone is 1. The maximum atomic E-state index is 3.54. The van der Waals surface area contributed by atoms with Crippen molar-refractivity contribution < 1.29 is 0 Å². The van der Waals surface area contributed by atoms with Crippen molar-refractivity contribution in [3.05, 3.63) is 8.96 Å². The third-order valence-electron chi connectivity index (χ3n) is 3.36. The smallest absolute Gasteiger partial charge is 0.0596 e. The van der Waals surface area contributed by atoms with Crippen LogP contribution in [0.25, 0.3) is 0 Å². The first-order chi connectivity index (χ1) is 7.69. The summed E-state index contributed by atoms with van der Waals surface area (Å²) in [6.07, 6.45) is 7.72. The first-order valence-electron chi connectivity index (χ1n) is 6.46. The van der Waals surface area contributed by atoms with E-state index in [1.165, 1.54) is 55.0 Å². The second-order valence-corrected chi connectivity index (χ2v) is 7.28. The Balaban J connectivity index is 2.46. The van der Waals surface area contributed by atoms with Crippen LogP contribution in [0.3, 0.4) is 0 Å². The fourth-order valence-corrected chi connectivity index (χ4v) is 3.35. The van der Waals surface area contributed by atoms with Crippen LogP contribution in [0.1, 0.15) is 52.4 Å².